The highest BCUT2D eigenvalue weighted by molar-refractivity contribution is 6.33. The minimum Gasteiger partial charge on any atom is -0.480 e. The van der Waals surface area contributed by atoms with Crippen molar-refractivity contribution in [3.05, 3.63) is 29.3 Å². The highest BCUT2D eigenvalue weighted by Gasteiger charge is 2.16. The zero-order valence-electron chi connectivity index (χ0n) is 7.27. The number of rotatable bonds is 4. The lowest BCUT2D eigenvalue weighted by Crippen LogP contribution is -2.32. The van der Waals surface area contributed by atoms with E-state index in [1.165, 1.54) is 0 Å². The molecule has 1 aromatic carbocycles. The van der Waals surface area contributed by atoms with Crippen LogP contribution in [0.5, 0.6) is 0 Å². The van der Waals surface area contributed by atoms with Crippen LogP contribution in [0.25, 0.3) is 0 Å². The second kappa shape index (κ2) is 4.83. The van der Waals surface area contributed by atoms with Crippen molar-refractivity contribution in [3.63, 3.8) is 0 Å². The molecule has 0 amide bonds. The summed E-state index contributed by atoms with van der Waals surface area (Å²) in [6.07, 6.45) is 0. The second-order valence-corrected chi connectivity index (χ2v) is 3.10. The van der Waals surface area contributed by atoms with Crippen molar-refractivity contribution in [2.45, 2.75) is 6.04 Å². The fourth-order valence-electron chi connectivity index (χ4n) is 0.951. The molecule has 4 nitrogen and oxygen atoms in total. The van der Waals surface area contributed by atoms with E-state index in [1.807, 2.05) is 0 Å². The monoisotopic (exact) mass is 215 g/mol. The first kappa shape index (κ1) is 10.8. The second-order valence-electron chi connectivity index (χ2n) is 2.70. The van der Waals surface area contributed by atoms with Gasteiger partial charge in [-0.2, -0.15) is 0 Å². The summed E-state index contributed by atoms with van der Waals surface area (Å²) in [4.78, 5) is 10.6. The lowest BCUT2D eigenvalue weighted by molar-refractivity contribution is -0.138. The quantitative estimate of drug-likeness (QED) is 0.706. The van der Waals surface area contributed by atoms with Crippen LogP contribution in [0.4, 0.5) is 5.69 Å². The third-order valence-electron chi connectivity index (χ3n) is 1.68. The molecular formula is C9H10ClNO3. The average molecular weight is 216 g/mol. The van der Waals surface area contributed by atoms with Crippen LogP contribution in [0.3, 0.4) is 0 Å². The van der Waals surface area contributed by atoms with Gasteiger partial charge in [0.05, 0.1) is 17.3 Å². The number of hydrogen-bond acceptors (Lipinski definition) is 3. The number of halogens is 1. The molecule has 0 aliphatic heterocycles. The van der Waals surface area contributed by atoms with Crippen molar-refractivity contribution in [2.75, 3.05) is 11.9 Å². The van der Waals surface area contributed by atoms with Crippen LogP contribution in [0.2, 0.25) is 5.02 Å². The maximum absolute atomic E-state index is 10.6. The molecule has 0 spiro atoms. The molecule has 76 valence electrons. The molecule has 0 heterocycles. The number of benzene rings is 1. The van der Waals surface area contributed by atoms with Gasteiger partial charge in [0.15, 0.2) is 0 Å². The summed E-state index contributed by atoms with van der Waals surface area (Å²) in [7, 11) is 0. The lowest BCUT2D eigenvalue weighted by atomic mass is 10.2. The van der Waals surface area contributed by atoms with Gasteiger partial charge in [0.1, 0.15) is 6.04 Å². The number of anilines is 1. The summed E-state index contributed by atoms with van der Waals surface area (Å²) >= 11 is 5.79. The van der Waals surface area contributed by atoms with Crippen LogP contribution in [0, 0.1) is 0 Å². The number of carboxylic acids is 1. The van der Waals surface area contributed by atoms with E-state index in [0.717, 1.165) is 0 Å². The molecule has 5 heteroatoms. The zero-order chi connectivity index (χ0) is 10.6. The maximum atomic E-state index is 10.6. The fourth-order valence-corrected chi connectivity index (χ4v) is 1.14. The topological polar surface area (TPSA) is 69.6 Å². The first-order chi connectivity index (χ1) is 6.65. The standard InChI is InChI=1S/C9H10ClNO3/c10-6-3-1-2-4-7(6)11-8(5-12)9(13)14/h1-4,8,11-12H,5H2,(H,13,14). The van der Waals surface area contributed by atoms with E-state index in [0.29, 0.717) is 10.7 Å². The van der Waals surface area contributed by atoms with Crippen molar-refractivity contribution < 1.29 is 15.0 Å². The Morgan fingerprint density at radius 1 is 1.50 bits per heavy atom. The number of para-hydroxylation sites is 1. The van der Waals surface area contributed by atoms with Gasteiger partial charge < -0.3 is 15.5 Å². The number of carbonyl (C=O) groups is 1. The molecule has 0 fully saturated rings. The number of carboxylic acid groups (broad SMARTS) is 1. The maximum Gasteiger partial charge on any atom is 0.328 e. The molecule has 1 rings (SSSR count). The smallest absolute Gasteiger partial charge is 0.328 e. The van der Waals surface area contributed by atoms with Gasteiger partial charge in [-0.05, 0) is 12.1 Å². The molecular weight excluding hydrogens is 206 g/mol. The van der Waals surface area contributed by atoms with E-state index in [9.17, 15) is 4.79 Å². The van der Waals surface area contributed by atoms with Gasteiger partial charge in [-0.1, -0.05) is 23.7 Å². The SMILES string of the molecule is O=C(O)C(CO)Nc1ccccc1Cl. The van der Waals surface area contributed by atoms with Crippen LogP contribution in [0.15, 0.2) is 24.3 Å². The van der Waals surface area contributed by atoms with Gasteiger partial charge in [-0.3, -0.25) is 0 Å². The van der Waals surface area contributed by atoms with Crippen molar-refractivity contribution in [1.82, 2.24) is 0 Å². The number of aliphatic hydroxyl groups is 1. The molecule has 0 bridgehead atoms. The Morgan fingerprint density at radius 3 is 2.64 bits per heavy atom. The molecule has 0 saturated carbocycles. The summed E-state index contributed by atoms with van der Waals surface area (Å²) in [5.74, 6) is -1.12. The van der Waals surface area contributed by atoms with Crippen LogP contribution in [-0.2, 0) is 4.79 Å². The molecule has 0 aromatic heterocycles. The Balaban J connectivity index is 2.77. The van der Waals surface area contributed by atoms with Crippen molar-refractivity contribution >= 4 is 23.3 Å². The summed E-state index contributed by atoms with van der Waals surface area (Å²) in [5.41, 5.74) is 0.496. The average Bonchev–Trinajstić information content (AvgIpc) is 2.16. The van der Waals surface area contributed by atoms with Gasteiger partial charge in [0.25, 0.3) is 0 Å². The molecule has 3 N–H and O–H groups in total. The van der Waals surface area contributed by atoms with Gasteiger partial charge in [-0.15, -0.1) is 0 Å². The number of nitrogens with one attached hydrogen (secondary N) is 1. The van der Waals surface area contributed by atoms with Gasteiger partial charge in [0.2, 0.25) is 0 Å². The minimum atomic E-state index is -1.12. The molecule has 0 saturated heterocycles. The van der Waals surface area contributed by atoms with Gasteiger partial charge in [0, 0.05) is 0 Å². The van der Waals surface area contributed by atoms with Crippen LogP contribution >= 0.6 is 11.6 Å². The number of aliphatic carboxylic acids is 1. The predicted octanol–water partition coefficient (Wildman–Crippen LogP) is 1.20. The van der Waals surface area contributed by atoms with Crippen LogP contribution in [0.1, 0.15) is 0 Å². The van der Waals surface area contributed by atoms with E-state index in [4.69, 9.17) is 21.8 Å². The molecule has 1 atom stereocenters. The lowest BCUT2D eigenvalue weighted by Gasteiger charge is -2.13. The first-order valence-electron chi connectivity index (χ1n) is 4.00. The highest BCUT2D eigenvalue weighted by atomic mass is 35.5. The molecule has 0 aliphatic rings. The third-order valence-corrected chi connectivity index (χ3v) is 2.01. The van der Waals surface area contributed by atoms with E-state index >= 15 is 0 Å². The molecule has 0 radical (unpaired) electrons. The van der Waals surface area contributed by atoms with Gasteiger partial charge in [-0.25, -0.2) is 4.79 Å². The predicted molar refractivity (Wildman–Crippen MR) is 53.6 cm³/mol. The normalized spacial score (nSPS) is 12.1. The Labute approximate surface area is 86.1 Å². The van der Waals surface area contributed by atoms with Crippen molar-refractivity contribution in [2.24, 2.45) is 0 Å². The first-order valence-corrected chi connectivity index (χ1v) is 4.37. The van der Waals surface area contributed by atoms with Crippen LogP contribution < -0.4 is 5.32 Å². The molecule has 14 heavy (non-hydrogen) atoms. The Morgan fingerprint density at radius 2 is 2.14 bits per heavy atom. The summed E-state index contributed by atoms with van der Waals surface area (Å²) in [6.45, 7) is -0.486. The largest absolute Gasteiger partial charge is 0.480 e. The molecule has 1 aromatic rings. The van der Waals surface area contributed by atoms with Gasteiger partial charge >= 0.3 is 5.97 Å². The molecule has 1 unspecified atom stereocenters. The Kier molecular flexibility index (Phi) is 3.73. The van der Waals surface area contributed by atoms with Crippen molar-refractivity contribution in [1.29, 1.82) is 0 Å². The number of hydrogen-bond donors (Lipinski definition) is 3. The van der Waals surface area contributed by atoms with E-state index in [-0.39, 0.29) is 0 Å². The summed E-state index contributed by atoms with van der Waals surface area (Å²) in [6, 6.07) is 5.72. The number of aliphatic hydroxyl groups excluding tert-OH is 1. The van der Waals surface area contributed by atoms with E-state index < -0.39 is 18.6 Å². The highest BCUT2D eigenvalue weighted by Crippen LogP contribution is 2.21. The Hall–Kier alpha value is -1.26. The summed E-state index contributed by atoms with van der Waals surface area (Å²) < 4.78 is 0. The van der Waals surface area contributed by atoms with E-state index in [2.05, 4.69) is 5.32 Å². The third kappa shape index (κ3) is 2.61. The fraction of sp³-hybridized carbons (Fsp3) is 0.222. The van der Waals surface area contributed by atoms with Crippen molar-refractivity contribution in [3.8, 4) is 0 Å². The zero-order valence-corrected chi connectivity index (χ0v) is 8.03. The van der Waals surface area contributed by atoms with Crippen LogP contribution in [-0.4, -0.2) is 28.8 Å². The Bertz CT molecular complexity index is 330. The van der Waals surface area contributed by atoms with E-state index in [1.54, 1.807) is 24.3 Å². The minimum absolute atomic E-state index is 0.423. The molecule has 0 aliphatic carbocycles. The summed E-state index contributed by atoms with van der Waals surface area (Å²) in [5, 5.41) is 20.5.